The van der Waals surface area contributed by atoms with E-state index in [0.29, 0.717) is 28.9 Å². The van der Waals surface area contributed by atoms with Crippen LogP contribution in [0.2, 0.25) is 0 Å². The molecule has 6 heterocycles. The summed E-state index contributed by atoms with van der Waals surface area (Å²) in [5.74, 6) is 2.33. The molecule has 0 unspecified atom stereocenters. The summed E-state index contributed by atoms with van der Waals surface area (Å²) < 4.78 is 23.5. The molecule has 0 aliphatic rings. The van der Waals surface area contributed by atoms with Crippen LogP contribution in [0.3, 0.4) is 0 Å². The van der Waals surface area contributed by atoms with Gasteiger partial charge in [0.2, 0.25) is 17.5 Å². The van der Waals surface area contributed by atoms with Crippen molar-refractivity contribution >= 4 is 60.9 Å². The average molecular weight is 863 g/mol. The minimum atomic E-state index is -0.271. The summed E-state index contributed by atoms with van der Waals surface area (Å²) in [4.78, 5) is 15.3. The van der Waals surface area contributed by atoms with E-state index in [2.05, 4.69) is 82.3 Å². The maximum atomic E-state index is 6.80. The van der Waals surface area contributed by atoms with Crippen LogP contribution in [-0.4, -0.2) is 23.9 Å². The number of rotatable bonds is 4. The van der Waals surface area contributed by atoms with Crippen LogP contribution < -0.4 is 4.74 Å². The molecule has 9 heteroatoms. The second-order valence-electron chi connectivity index (χ2n) is 15.3. The largest absolute Gasteiger partial charge is 2.00 e. The van der Waals surface area contributed by atoms with Gasteiger partial charge < -0.3 is 18.0 Å². The molecular formula is C43H33N5O3Pt. The number of hydrogen-bond donors (Lipinski definition) is 0. The third-order valence-corrected chi connectivity index (χ3v) is 9.72. The van der Waals surface area contributed by atoms with Gasteiger partial charge in [0.15, 0.2) is 0 Å². The van der Waals surface area contributed by atoms with Gasteiger partial charge in [0.1, 0.15) is 17.0 Å². The number of pyridine rings is 2. The molecule has 8 nitrogen and oxygen atoms in total. The Morgan fingerprint density at radius 1 is 0.712 bits per heavy atom. The quantitative estimate of drug-likeness (QED) is 0.164. The maximum Gasteiger partial charge on any atom is 2.00 e. The number of aromatic nitrogens is 5. The van der Waals surface area contributed by atoms with Crippen molar-refractivity contribution in [1.82, 2.24) is 23.9 Å². The van der Waals surface area contributed by atoms with Crippen LogP contribution in [0.5, 0.6) is 11.8 Å². The molecule has 10 rings (SSSR count). The fraction of sp³-hybridized carbons (Fsp3) is 0.186. The molecular weight excluding hydrogens is 830 g/mol. The second kappa shape index (κ2) is 11.3. The van der Waals surface area contributed by atoms with Gasteiger partial charge in [0.25, 0.3) is 0 Å². The number of para-hydroxylation sites is 3. The van der Waals surface area contributed by atoms with E-state index < -0.39 is 0 Å². The summed E-state index contributed by atoms with van der Waals surface area (Å²) in [6.07, 6.45) is 0. The van der Waals surface area contributed by atoms with Crippen molar-refractivity contribution in [3.63, 3.8) is 0 Å². The number of hydrogen-bond acceptors (Lipinski definition) is 6. The van der Waals surface area contributed by atoms with Crippen molar-refractivity contribution in [2.24, 2.45) is 0 Å². The topological polar surface area (TPSA) is 83.5 Å². The van der Waals surface area contributed by atoms with Crippen molar-refractivity contribution in [2.45, 2.75) is 52.4 Å². The maximum absolute atomic E-state index is 6.80. The smallest absolute Gasteiger partial charge is 0.476 e. The predicted octanol–water partition coefficient (Wildman–Crippen LogP) is 11.0. The molecule has 0 spiro atoms. The van der Waals surface area contributed by atoms with Gasteiger partial charge in [-0.2, -0.15) is 23.2 Å². The van der Waals surface area contributed by atoms with Gasteiger partial charge in [-0.1, -0.05) is 77.9 Å². The van der Waals surface area contributed by atoms with Crippen molar-refractivity contribution in [3.8, 4) is 28.8 Å². The van der Waals surface area contributed by atoms with Crippen molar-refractivity contribution < 1.29 is 34.6 Å². The van der Waals surface area contributed by atoms with Crippen LogP contribution in [0.1, 0.15) is 52.7 Å². The Kier molecular flexibility index (Phi) is 7.03. The van der Waals surface area contributed by atoms with Gasteiger partial charge in [-0.05, 0) is 74.9 Å². The summed E-state index contributed by atoms with van der Waals surface area (Å²) in [7, 11) is 0. The summed E-state index contributed by atoms with van der Waals surface area (Å²) in [5.41, 5.74) is 9.76. The van der Waals surface area contributed by atoms with Gasteiger partial charge in [-0.25, -0.2) is 4.98 Å². The first-order chi connectivity index (χ1) is 24.5. The zero-order chi connectivity index (χ0) is 34.8. The number of nitrogens with zero attached hydrogens (tertiary/aromatic N) is 5. The number of benzene rings is 4. The van der Waals surface area contributed by atoms with E-state index in [1.165, 1.54) is 0 Å². The standard InChI is InChI=1S/C43H33N5O3.Pt/c1-42(2,3)25-22-28(24-20-34-39-35(21-24)50-33-17-11-16-32(49-34)38(33)39)44-37(23-25)51-40-26(43(4,5)6)18-19-36(46-40)48-31-15-10-9-14-30(31)47-29-13-8-7-12-27(29)45-41(47)48;/h7-14,16-20,22-23H,1-6H3;/q-2;+2. The van der Waals surface area contributed by atoms with Crippen LogP contribution >= 0.6 is 0 Å². The molecule has 52 heavy (non-hydrogen) atoms. The first-order valence-electron chi connectivity index (χ1n) is 17.1. The predicted molar refractivity (Wildman–Crippen MR) is 200 cm³/mol. The molecule has 0 aliphatic carbocycles. The molecule has 0 aliphatic heterocycles. The third kappa shape index (κ3) is 4.88. The normalized spacial score (nSPS) is 12.7. The molecule has 4 aromatic carbocycles. The van der Waals surface area contributed by atoms with Crippen LogP contribution in [-0.2, 0) is 31.9 Å². The molecule has 0 saturated carbocycles. The van der Waals surface area contributed by atoms with Crippen molar-refractivity contribution in [1.29, 1.82) is 0 Å². The molecule has 0 saturated heterocycles. The summed E-state index contributed by atoms with van der Waals surface area (Å²) >= 11 is 0. The molecule has 0 atom stereocenters. The van der Waals surface area contributed by atoms with Crippen LogP contribution in [0.15, 0.2) is 99.8 Å². The number of ether oxygens (including phenoxy) is 1. The average Bonchev–Trinajstić information content (AvgIpc) is 3.85. The van der Waals surface area contributed by atoms with E-state index in [9.17, 15) is 0 Å². The molecule has 0 fully saturated rings. The molecule has 10 aromatic rings. The number of furan rings is 2. The van der Waals surface area contributed by atoms with E-state index in [1.807, 2.05) is 71.3 Å². The molecule has 0 radical (unpaired) electrons. The van der Waals surface area contributed by atoms with E-state index in [1.54, 1.807) is 0 Å². The zero-order valence-electron chi connectivity index (χ0n) is 29.4. The molecule has 0 N–H and O–H groups in total. The molecule has 6 aromatic heterocycles. The Labute approximate surface area is 313 Å². The first-order valence-corrected chi connectivity index (χ1v) is 17.1. The number of fused-ring (bicyclic) bond motifs is 5. The van der Waals surface area contributed by atoms with Gasteiger partial charge in [0, 0.05) is 17.0 Å². The van der Waals surface area contributed by atoms with Gasteiger partial charge in [0.05, 0.1) is 22.2 Å². The Morgan fingerprint density at radius 3 is 2.31 bits per heavy atom. The Bertz CT molecular complexity index is 2930. The van der Waals surface area contributed by atoms with E-state index in [0.717, 1.165) is 72.1 Å². The third-order valence-electron chi connectivity index (χ3n) is 9.72. The molecule has 0 amide bonds. The minimum Gasteiger partial charge on any atom is -0.476 e. The Morgan fingerprint density at radius 2 is 1.50 bits per heavy atom. The van der Waals surface area contributed by atoms with E-state index >= 15 is 0 Å². The summed E-state index contributed by atoms with van der Waals surface area (Å²) in [6.45, 7) is 13.0. The van der Waals surface area contributed by atoms with Gasteiger partial charge >= 0.3 is 21.1 Å². The van der Waals surface area contributed by atoms with Crippen LogP contribution in [0.4, 0.5) is 0 Å². The van der Waals surface area contributed by atoms with E-state index in [4.69, 9.17) is 28.5 Å². The Hall–Kier alpha value is -5.46. The van der Waals surface area contributed by atoms with Crippen molar-refractivity contribution in [3.05, 3.63) is 114 Å². The Balaban J connectivity index is 0.00000360. The van der Waals surface area contributed by atoms with E-state index in [-0.39, 0.29) is 31.9 Å². The van der Waals surface area contributed by atoms with Crippen LogP contribution in [0.25, 0.3) is 78.0 Å². The molecule has 258 valence electrons. The fourth-order valence-corrected chi connectivity index (χ4v) is 7.15. The summed E-state index contributed by atoms with van der Waals surface area (Å²) in [6, 6.07) is 37.2. The monoisotopic (exact) mass is 862 g/mol. The minimum absolute atomic E-state index is 0. The second-order valence-corrected chi connectivity index (χ2v) is 15.3. The number of imidazole rings is 2. The van der Waals surface area contributed by atoms with Crippen molar-refractivity contribution in [2.75, 3.05) is 0 Å². The summed E-state index contributed by atoms with van der Waals surface area (Å²) in [5, 5.41) is 1.93. The molecule has 0 bridgehead atoms. The first kappa shape index (κ1) is 32.4. The SMILES string of the molecule is CC(C)(C)c1cc(Oc2nc(-n3c4[c-]cccc4n4c5ccccc5nc34)ccc2C(C)(C)C)nc(-c2[c-]c3oc4cccc5oc(c2)c3c45)c1.[Pt+2]. The van der Waals surface area contributed by atoms with Crippen LogP contribution in [0, 0.1) is 12.1 Å². The zero-order valence-corrected chi connectivity index (χ0v) is 31.7. The fourth-order valence-electron chi connectivity index (χ4n) is 7.15. The van der Waals surface area contributed by atoms with Gasteiger partial charge in [-0.3, -0.25) is 9.55 Å². The van der Waals surface area contributed by atoms with Gasteiger partial charge in [-0.15, -0.1) is 11.6 Å².